The highest BCUT2D eigenvalue weighted by molar-refractivity contribution is 5.77. The summed E-state index contributed by atoms with van der Waals surface area (Å²) >= 11 is 0. The molecule has 0 aliphatic rings. The van der Waals surface area contributed by atoms with Crippen molar-refractivity contribution in [3.63, 3.8) is 0 Å². The number of methoxy groups -OCH3 is 1. The fourth-order valence-corrected chi connectivity index (χ4v) is 1.86. The van der Waals surface area contributed by atoms with Gasteiger partial charge in [-0.15, -0.1) is 0 Å². The molecule has 0 aliphatic heterocycles. The predicted molar refractivity (Wildman–Crippen MR) is 84.3 cm³/mol. The average Bonchev–Trinajstić information content (AvgIpc) is 2.54. The molecule has 0 spiro atoms. The summed E-state index contributed by atoms with van der Waals surface area (Å²) in [5.74, 6) is 1.01. The van der Waals surface area contributed by atoms with Gasteiger partial charge in [-0.25, -0.2) is 9.98 Å². The smallest absolute Gasteiger partial charge is 0.213 e. The summed E-state index contributed by atoms with van der Waals surface area (Å²) in [6, 6.07) is 15.8. The van der Waals surface area contributed by atoms with E-state index in [1.807, 2.05) is 30.3 Å². The summed E-state index contributed by atoms with van der Waals surface area (Å²) in [6.07, 6.45) is 0.911. The van der Waals surface area contributed by atoms with E-state index in [9.17, 15) is 0 Å². The van der Waals surface area contributed by atoms with E-state index in [0.717, 1.165) is 18.7 Å². The van der Waals surface area contributed by atoms with Crippen LogP contribution in [-0.2, 0) is 13.0 Å². The highest BCUT2D eigenvalue weighted by Crippen LogP contribution is 2.07. The van der Waals surface area contributed by atoms with Gasteiger partial charge in [0, 0.05) is 12.6 Å². The molecule has 0 aliphatic carbocycles. The van der Waals surface area contributed by atoms with Crippen LogP contribution in [0.4, 0.5) is 0 Å². The van der Waals surface area contributed by atoms with Gasteiger partial charge in [0.1, 0.15) is 0 Å². The van der Waals surface area contributed by atoms with Gasteiger partial charge in [-0.1, -0.05) is 36.4 Å². The van der Waals surface area contributed by atoms with E-state index in [2.05, 4.69) is 27.4 Å². The average molecular weight is 284 g/mol. The molecular weight excluding hydrogens is 264 g/mol. The van der Waals surface area contributed by atoms with Crippen molar-refractivity contribution in [3.05, 3.63) is 59.8 Å². The topological polar surface area (TPSA) is 72.5 Å². The van der Waals surface area contributed by atoms with Gasteiger partial charge in [-0.2, -0.15) is 0 Å². The molecule has 110 valence electrons. The van der Waals surface area contributed by atoms with Gasteiger partial charge in [0.2, 0.25) is 5.88 Å². The van der Waals surface area contributed by atoms with Crippen molar-refractivity contribution in [3.8, 4) is 5.88 Å². The van der Waals surface area contributed by atoms with E-state index in [-0.39, 0.29) is 0 Å². The third-order valence-electron chi connectivity index (χ3n) is 2.96. The Hall–Kier alpha value is -2.56. The molecule has 0 unspecified atom stereocenters. The lowest BCUT2D eigenvalue weighted by Gasteiger charge is -2.06. The first-order chi connectivity index (χ1) is 10.3. The SMILES string of the molecule is COc1cccc(CN=C(N)NCCc2ccccc2)n1. The van der Waals surface area contributed by atoms with Crippen molar-refractivity contribution in [2.45, 2.75) is 13.0 Å². The Bertz CT molecular complexity index is 584. The van der Waals surface area contributed by atoms with E-state index in [4.69, 9.17) is 10.5 Å². The second-order valence-corrected chi connectivity index (χ2v) is 4.54. The molecule has 2 aromatic rings. The number of aliphatic imine (C=N–C) groups is 1. The molecule has 21 heavy (non-hydrogen) atoms. The van der Waals surface area contributed by atoms with Crippen LogP contribution in [0, 0.1) is 0 Å². The lowest BCUT2D eigenvalue weighted by atomic mass is 10.1. The summed E-state index contributed by atoms with van der Waals surface area (Å²) in [5, 5.41) is 3.10. The first kappa shape index (κ1) is 14.8. The van der Waals surface area contributed by atoms with Gasteiger partial charge in [0.25, 0.3) is 0 Å². The van der Waals surface area contributed by atoms with E-state index < -0.39 is 0 Å². The number of guanidine groups is 1. The molecule has 5 nitrogen and oxygen atoms in total. The number of aromatic nitrogens is 1. The molecule has 0 saturated carbocycles. The molecule has 0 saturated heterocycles. The number of benzene rings is 1. The summed E-state index contributed by atoms with van der Waals surface area (Å²) in [6.45, 7) is 1.19. The van der Waals surface area contributed by atoms with Crippen molar-refractivity contribution in [1.82, 2.24) is 10.3 Å². The molecule has 0 atom stereocenters. The highest BCUT2D eigenvalue weighted by Gasteiger charge is 1.98. The third-order valence-corrected chi connectivity index (χ3v) is 2.96. The van der Waals surface area contributed by atoms with Crippen LogP contribution in [0.1, 0.15) is 11.3 Å². The Balaban J connectivity index is 1.78. The largest absolute Gasteiger partial charge is 0.481 e. The zero-order valence-electron chi connectivity index (χ0n) is 12.1. The molecular formula is C16H20N4O. The molecule has 2 rings (SSSR count). The third kappa shape index (κ3) is 5.14. The first-order valence-corrected chi connectivity index (χ1v) is 6.85. The fraction of sp³-hybridized carbons (Fsp3) is 0.250. The van der Waals surface area contributed by atoms with Gasteiger partial charge >= 0.3 is 0 Å². The van der Waals surface area contributed by atoms with Crippen molar-refractivity contribution < 1.29 is 4.74 Å². The number of nitrogens with zero attached hydrogens (tertiary/aromatic N) is 2. The quantitative estimate of drug-likeness (QED) is 0.626. The first-order valence-electron chi connectivity index (χ1n) is 6.85. The Morgan fingerprint density at radius 2 is 2.00 bits per heavy atom. The normalized spacial score (nSPS) is 11.2. The number of ether oxygens (including phenoxy) is 1. The maximum Gasteiger partial charge on any atom is 0.213 e. The maximum absolute atomic E-state index is 5.84. The fourth-order valence-electron chi connectivity index (χ4n) is 1.86. The van der Waals surface area contributed by atoms with E-state index in [1.54, 1.807) is 13.2 Å². The van der Waals surface area contributed by atoms with Crippen LogP contribution >= 0.6 is 0 Å². The number of nitrogens with one attached hydrogen (secondary N) is 1. The van der Waals surface area contributed by atoms with Crippen LogP contribution in [0.5, 0.6) is 5.88 Å². The molecule has 0 radical (unpaired) electrons. The number of nitrogens with two attached hydrogens (primary N) is 1. The van der Waals surface area contributed by atoms with E-state index in [0.29, 0.717) is 18.4 Å². The van der Waals surface area contributed by atoms with Crippen molar-refractivity contribution in [2.75, 3.05) is 13.7 Å². The zero-order chi connectivity index (χ0) is 14.9. The molecule has 5 heteroatoms. The van der Waals surface area contributed by atoms with Gasteiger partial charge in [0.15, 0.2) is 5.96 Å². The van der Waals surface area contributed by atoms with Crippen LogP contribution in [0.3, 0.4) is 0 Å². The van der Waals surface area contributed by atoms with Crippen molar-refractivity contribution in [1.29, 1.82) is 0 Å². The van der Waals surface area contributed by atoms with E-state index >= 15 is 0 Å². The Morgan fingerprint density at radius 3 is 2.76 bits per heavy atom. The predicted octanol–water partition coefficient (Wildman–Crippen LogP) is 1.74. The van der Waals surface area contributed by atoms with Gasteiger partial charge in [0.05, 0.1) is 19.3 Å². The summed E-state index contributed by atoms with van der Waals surface area (Å²) in [7, 11) is 1.59. The monoisotopic (exact) mass is 284 g/mol. The summed E-state index contributed by atoms with van der Waals surface area (Å²) < 4.78 is 5.07. The van der Waals surface area contributed by atoms with Gasteiger partial charge in [-0.05, 0) is 18.1 Å². The Kier molecular flexibility index (Phi) is 5.58. The maximum atomic E-state index is 5.84. The molecule has 0 bridgehead atoms. The number of hydrogen-bond acceptors (Lipinski definition) is 3. The summed E-state index contributed by atoms with van der Waals surface area (Å²) in [4.78, 5) is 8.54. The minimum Gasteiger partial charge on any atom is -0.481 e. The van der Waals surface area contributed by atoms with Crippen molar-refractivity contribution >= 4 is 5.96 Å². The van der Waals surface area contributed by atoms with Crippen LogP contribution in [-0.4, -0.2) is 24.6 Å². The molecule has 0 amide bonds. The molecule has 0 fully saturated rings. The number of hydrogen-bond donors (Lipinski definition) is 2. The van der Waals surface area contributed by atoms with Gasteiger partial charge in [-0.3, -0.25) is 0 Å². The lowest BCUT2D eigenvalue weighted by molar-refractivity contribution is 0.396. The second-order valence-electron chi connectivity index (χ2n) is 4.54. The second kappa shape index (κ2) is 7.89. The van der Waals surface area contributed by atoms with Crippen LogP contribution in [0.25, 0.3) is 0 Å². The molecule has 1 aromatic carbocycles. The van der Waals surface area contributed by atoms with E-state index in [1.165, 1.54) is 5.56 Å². The van der Waals surface area contributed by atoms with Crippen LogP contribution in [0.15, 0.2) is 53.5 Å². The van der Waals surface area contributed by atoms with Gasteiger partial charge < -0.3 is 15.8 Å². The van der Waals surface area contributed by atoms with Crippen LogP contribution < -0.4 is 15.8 Å². The molecule has 3 N–H and O–H groups in total. The Labute approximate surface area is 124 Å². The highest BCUT2D eigenvalue weighted by atomic mass is 16.5. The Morgan fingerprint density at radius 1 is 1.19 bits per heavy atom. The summed E-state index contributed by atoms with van der Waals surface area (Å²) in [5.41, 5.74) is 7.93. The number of pyridine rings is 1. The van der Waals surface area contributed by atoms with Crippen molar-refractivity contribution in [2.24, 2.45) is 10.7 Å². The standard InChI is InChI=1S/C16H20N4O/c1-21-15-9-5-8-14(20-15)12-19-16(17)18-11-10-13-6-3-2-4-7-13/h2-9H,10-12H2,1H3,(H3,17,18,19). The number of rotatable bonds is 6. The molecule has 1 heterocycles. The minimum absolute atomic E-state index is 0.426. The zero-order valence-corrected chi connectivity index (χ0v) is 12.1. The molecule has 1 aromatic heterocycles. The minimum atomic E-state index is 0.426. The van der Waals surface area contributed by atoms with Crippen LogP contribution in [0.2, 0.25) is 0 Å². The lowest BCUT2D eigenvalue weighted by Crippen LogP contribution is -2.33.